The van der Waals surface area contributed by atoms with E-state index in [1.54, 1.807) is 36.4 Å². The molecular formula is C21H21Cl3N2O3. The van der Waals surface area contributed by atoms with Crippen molar-refractivity contribution in [1.29, 1.82) is 0 Å². The summed E-state index contributed by atoms with van der Waals surface area (Å²) < 4.78 is 11.5. The number of rotatable bonds is 4. The van der Waals surface area contributed by atoms with Crippen LogP contribution in [-0.2, 0) is 4.74 Å². The van der Waals surface area contributed by atoms with Crippen molar-refractivity contribution in [2.24, 2.45) is 0 Å². The Kier molecular flexibility index (Phi) is 6.74. The number of hydrogen-bond acceptors (Lipinski definition) is 5. The summed E-state index contributed by atoms with van der Waals surface area (Å²) in [6.07, 6.45) is 2.74. The molecule has 0 N–H and O–H groups in total. The first kappa shape index (κ1) is 21.9. The molecule has 5 nitrogen and oxygen atoms in total. The van der Waals surface area contributed by atoms with Gasteiger partial charge >= 0.3 is 5.97 Å². The Balaban J connectivity index is 0.00000240. The second-order valence-corrected chi connectivity index (χ2v) is 8.19. The highest BCUT2D eigenvalue weighted by Crippen LogP contribution is 2.30. The largest absolute Gasteiger partial charge is 0.459 e. The average Bonchev–Trinajstić information content (AvgIpc) is 3.26. The lowest BCUT2D eigenvalue weighted by molar-refractivity contribution is 0.0304. The highest BCUT2D eigenvalue weighted by atomic mass is 35.5. The van der Waals surface area contributed by atoms with Crippen molar-refractivity contribution in [2.45, 2.75) is 31.4 Å². The summed E-state index contributed by atoms with van der Waals surface area (Å²) in [5.74, 6) is 0.0598. The molecule has 0 aliphatic heterocycles. The number of nitrogens with zero attached hydrogens (tertiary/aromatic N) is 2. The van der Waals surface area contributed by atoms with Gasteiger partial charge in [0.1, 0.15) is 11.6 Å². The van der Waals surface area contributed by atoms with Gasteiger partial charge in [0, 0.05) is 21.7 Å². The van der Waals surface area contributed by atoms with Gasteiger partial charge in [-0.25, -0.2) is 9.78 Å². The predicted molar refractivity (Wildman–Crippen MR) is 117 cm³/mol. The fourth-order valence-corrected chi connectivity index (χ4v) is 4.09. The summed E-state index contributed by atoms with van der Waals surface area (Å²) in [4.78, 5) is 19.2. The molecule has 1 aliphatic carbocycles. The van der Waals surface area contributed by atoms with Crippen molar-refractivity contribution in [3.63, 3.8) is 0 Å². The molecule has 1 saturated carbocycles. The quantitative estimate of drug-likeness (QED) is 0.461. The summed E-state index contributed by atoms with van der Waals surface area (Å²) in [6.45, 7) is 0. The lowest BCUT2D eigenvalue weighted by Crippen LogP contribution is -2.26. The van der Waals surface area contributed by atoms with Crippen molar-refractivity contribution in [1.82, 2.24) is 9.88 Å². The Morgan fingerprint density at radius 1 is 1.14 bits per heavy atom. The molecule has 8 heteroatoms. The summed E-state index contributed by atoms with van der Waals surface area (Å²) in [7, 11) is 4.11. The molecule has 1 aliphatic rings. The number of aromatic nitrogens is 1. The maximum atomic E-state index is 12.6. The normalized spacial score (nSPS) is 18.8. The van der Waals surface area contributed by atoms with Gasteiger partial charge in [-0.15, -0.1) is 12.4 Å². The standard InChI is InChI=1S/C21H20Cl2N2O3.ClH/c1-25(2)16-4-5-17(11-16)27-21(26)12-3-6-18-19(9-12)28-20(24-18)13-7-14(22)10-15(23)8-13;/h3,6-10,16-17H,4-5,11H2,1-2H3;1H/t16-,17+;/m1./s1. The first-order chi connectivity index (χ1) is 13.4. The minimum absolute atomic E-state index is 0. The van der Waals surface area contributed by atoms with Gasteiger partial charge in [-0.3, -0.25) is 0 Å². The lowest BCUT2D eigenvalue weighted by Gasteiger charge is -2.18. The minimum atomic E-state index is -0.338. The topological polar surface area (TPSA) is 55.6 Å². The van der Waals surface area contributed by atoms with Crippen LogP contribution in [0.3, 0.4) is 0 Å². The Labute approximate surface area is 185 Å². The SMILES string of the molecule is CN(C)[C@@H]1CC[C@H](OC(=O)c2ccc3nc(-c4cc(Cl)cc(Cl)c4)oc3c2)C1.Cl. The zero-order valence-electron chi connectivity index (χ0n) is 16.0. The Morgan fingerprint density at radius 3 is 2.52 bits per heavy atom. The summed E-state index contributed by atoms with van der Waals surface area (Å²) in [6, 6.07) is 10.7. The molecule has 1 aromatic heterocycles. The average molecular weight is 456 g/mol. The number of benzene rings is 2. The van der Waals surface area contributed by atoms with Gasteiger partial charge in [0.05, 0.1) is 5.56 Å². The van der Waals surface area contributed by atoms with Crippen LogP contribution >= 0.6 is 35.6 Å². The van der Waals surface area contributed by atoms with Crippen LogP contribution in [0.5, 0.6) is 0 Å². The van der Waals surface area contributed by atoms with Crippen LogP contribution in [0.2, 0.25) is 10.0 Å². The Bertz CT molecular complexity index is 1010. The summed E-state index contributed by atoms with van der Waals surface area (Å²) >= 11 is 12.1. The molecule has 0 saturated heterocycles. The molecule has 0 spiro atoms. The van der Waals surface area contributed by atoms with Crippen molar-refractivity contribution in [2.75, 3.05) is 14.1 Å². The fourth-order valence-electron chi connectivity index (χ4n) is 3.57. The van der Waals surface area contributed by atoms with Crippen LogP contribution in [0.15, 0.2) is 40.8 Å². The van der Waals surface area contributed by atoms with Crippen molar-refractivity contribution < 1.29 is 13.9 Å². The van der Waals surface area contributed by atoms with Crippen LogP contribution in [0.1, 0.15) is 29.6 Å². The number of carbonyl (C=O) groups excluding carboxylic acids is 1. The molecule has 0 radical (unpaired) electrons. The highest BCUT2D eigenvalue weighted by molar-refractivity contribution is 6.35. The van der Waals surface area contributed by atoms with Gasteiger partial charge < -0.3 is 14.1 Å². The number of oxazole rings is 1. The molecule has 0 amide bonds. The molecule has 1 heterocycles. The third kappa shape index (κ3) is 4.86. The second-order valence-electron chi connectivity index (χ2n) is 7.32. The molecular weight excluding hydrogens is 435 g/mol. The van der Waals surface area contributed by atoms with Crippen LogP contribution < -0.4 is 0 Å². The molecule has 2 aromatic carbocycles. The van der Waals surface area contributed by atoms with Crippen LogP contribution in [0.25, 0.3) is 22.6 Å². The molecule has 2 atom stereocenters. The van der Waals surface area contributed by atoms with E-state index >= 15 is 0 Å². The van der Waals surface area contributed by atoms with Crippen LogP contribution in [0.4, 0.5) is 0 Å². The maximum Gasteiger partial charge on any atom is 0.338 e. The summed E-state index contributed by atoms with van der Waals surface area (Å²) in [5, 5.41) is 1.00. The van der Waals surface area contributed by atoms with Gasteiger partial charge in [0.2, 0.25) is 5.89 Å². The van der Waals surface area contributed by atoms with Crippen LogP contribution in [0, 0.1) is 0 Å². The van der Waals surface area contributed by atoms with E-state index in [0.29, 0.717) is 44.2 Å². The van der Waals surface area contributed by atoms with Gasteiger partial charge in [-0.1, -0.05) is 23.2 Å². The molecule has 29 heavy (non-hydrogen) atoms. The number of ether oxygens (including phenoxy) is 1. The fraction of sp³-hybridized carbons (Fsp3) is 0.333. The molecule has 4 rings (SSSR count). The van der Waals surface area contributed by atoms with E-state index in [2.05, 4.69) is 24.0 Å². The van der Waals surface area contributed by atoms with E-state index in [1.165, 1.54) is 0 Å². The second kappa shape index (κ2) is 8.92. The number of esters is 1. The van der Waals surface area contributed by atoms with E-state index in [-0.39, 0.29) is 24.5 Å². The van der Waals surface area contributed by atoms with Crippen LogP contribution in [-0.4, -0.2) is 42.1 Å². The number of carbonyl (C=O) groups is 1. The Hall–Kier alpha value is -1.79. The first-order valence-electron chi connectivity index (χ1n) is 9.13. The lowest BCUT2D eigenvalue weighted by atomic mass is 10.2. The molecule has 0 bridgehead atoms. The summed E-state index contributed by atoms with van der Waals surface area (Å²) in [5.41, 5.74) is 2.29. The maximum absolute atomic E-state index is 12.6. The zero-order valence-corrected chi connectivity index (χ0v) is 18.4. The molecule has 3 aromatic rings. The van der Waals surface area contributed by atoms with E-state index in [4.69, 9.17) is 32.4 Å². The molecule has 1 fully saturated rings. The molecule has 154 valence electrons. The number of hydrogen-bond donors (Lipinski definition) is 0. The highest BCUT2D eigenvalue weighted by Gasteiger charge is 2.29. The number of fused-ring (bicyclic) bond motifs is 1. The zero-order chi connectivity index (χ0) is 19.8. The third-order valence-electron chi connectivity index (χ3n) is 5.09. The number of halogens is 3. The van der Waals surface area contributed by atoms with Crippen molar-refractivity contribution in [3.8, 4) is 11.5 Å². The van der Waals surface area contributed by atoms with Gasteiger partial charge in [-0.2, -0.15) is 0 Å². The van der Waals surface area contributed by atoms with E-state index in [1.807, 2.05) is 0 Å². The van der Waals surface area contributed by atoms with Gasteiger partial charge in [0.25, 0.3) is 0 Å². The van der Waals surface area contributed by atoms with E-state index < -0.39 is 0 Å². The Morgan fingerprint density at radius 2 is 1.86 bits per heavy atom. The smallest absolute Gasteiger partial charge is 0.338 e. The van der Waals surface area contributed by atoms with Crippen molar-refractivity contribution in [3.05, 3.63) is 52.0 Å². The van der Waals surface area contributed by atoms with E-state index in [9.17, 15) is 4.79 Å². The predicted octanol–water partition coefficient (Wildman–Crippen LogP) is 5.86. The van der Waals surface area contributed by atoms with Gasteiger partial charge in [0.15, 0.2) is 5.58 Å². The van der Waals surface area contributed by atoms with Gasteiger partial charge in [-0.05, 0) is 69.8 Å². The minimum Gasteiger partial charge on any atom is -0.459 e. The monoisotopic (exact) mass is 454 g/mol. The van der Waals surface area contributed by atoms with Crippen molar-refractivity contribution >= 4 is 52.7 Å². The van der Waals surface area contributed by atoms with E-state index in [0.717, 1.165) is 19.3 Å². The first-order valence-corrected chi connectivity index (χ1v) is 9.89. The molecule has 0 unspecified atom stereocenters. The third-order valence-corrected chi connectivity index (χ3v) is 5.53.